The molecule has 1 aromatic heterocycles. The van der Waals surface area contributed by atoms with E-state index in [-0.39, 0.29) is 36.0 Å². The number of aromatic nitrogens is 2. The summed E-state index contributed by atoms with van der Waals surface area (Å²) in [6.07, 6.45) is 6.29. The number of nitrogens with one attached hydrogen (secondary N) is 2. The molecule has 1 unspecified atom stereocenters. The molecule has 1 aliphatic carbocycles. The van der Waals surface area contributed by atoms with Gasteiger partial charge in [0.15, 0.2) is 5.69 Å². The topological polar surface area (TPSA) is 96.3 Å². The molecule has 0 spiro atoms. The van der Waals surface area contributed by atoms with Crippen LogP contribution in [0.1, 0.15) is 80.3 Å². The van der Waals surface area contributed by atoms with Crippen molar-refractivity contribution in [3.8, 4) is 0 Å². The number of likely N-dealkylation sites (N-methyl/N-ethyl adjacent to an activating group) is 1. The highest BCUT2D eigenvalue weighted by molar-refractivity contribution is 6.01. The Bertz CT molecular complexity index is 781. The van der Waals surface area contributed by atoms with E-state index in [1.807, 2.05) is 0 Å². The quantitative estimate of drug-likeness (QED) is 0.759. The lowest BCUT2D eigenvalue weighted by atomic mass is 9.95. The van der Waals surface area contributed by atoms with Crippen molar-refractivity contribution in [2.45, 2.75) is 77.4 Å². The molecule has 3 rings (SSSR count). The van der Waals surface area contributed by atoms with Crippen LogP contribution in [0.5, 0.6) is 0 Å². The summed E-state index contributed by atoms with van der Waals surface area (Å²) in [5.74, 6) is -0.278. The number of hydrogen-bond acceptors (Lipinski definition) is 4. The first-order valence-electron chi connectivity index (χ1n) is 10.7. The third kappa shape index (κ3) is 4.46. The number of carbonyl (C=O) groups excluding carboxylic acids is 3. The summed E-state index contributed by atoms with van der Waals surface area (Å²) < 4.78 is 1.50. The molecule has 1 aliphatic heterocycles. The van der Waals surface area contributed by atoms with Gasteiger partial charge in [-0.15, -0.1) is 0 Å². The molecule has 29 heavy (non-hydrogen) atoms. The van der Waals surface area contributed by atoms with Gasteiger partial charge in [0, 0.05) is 25.7 Å². The fraction of sp³-hybridized carbons (Fsp3) is 0.714. The zero-order valence-electron chi connectivity index (χ0n) is 18.0. The number of carbonyl (C=O) groups is 3. The van der Waals surface area contributed by atoms with Crippen molar-refractivity contribution < 1.29 is 14.4 Å². The Kier molecular flexibility index (Phi) is 6.29. The van der Waals surface area contributed by atoms with Gasteiger partial charge < -0.3 is 15.5 Å². The van der Waals surface area contributed by atoms with E-state index in [1.165, 1.54) is 22.1 Å². The van der Waals surface area contributed by atoms with Crippen molar-refractivity contribution in [2.24, 2.45) is 5.92 Å². The van der Waals surface area contributed by atoms with E-state index >= 15 is 0 Å². The molecular formula is C21H33N5O3. The highest BCUT2D eigenvalue weighted by Crippen LogP contribution is 2.26. The second-order valence-corrected chi connectivity index (χ2v) is 8.96. The molecule has 3 amide bonds. The molecule has 160 valence electrons. The molecule has 0 radical (unpaired) electrons. The second kappa shape index (κ2) is 8.55. The smallest absolute Gasteiger partial charge is 0.272 e. The predicted octanol–water partition coefficient (Wildman–Crippen LogP) is 1.95. The lowest BCUT2D eigenvalue weighted by Crippen LogP contribution is -2.62. The van der Waals surface area contributed by atoms with Crippen LogP contribution in [0, 0.1) is 5.92 Å². The van der Waals surface area contributed by atoms with Crippen LogP contribution < -0.4 is 10.6 Å². The van der Waals surface area contributed by atoms with E-state index in [0.29, 0.717) is 18.2 Å². The third-order valence-electron chi connectivity index (χ3n) is 6.17. The molecule has 1 saturated carbocycles. The lowest BCUT2D eigenvalue weighted by Gasteiger charge is -2.40. The van der Waals surface area contributed by atoms with Gasteiger partial charge in [-0.2, -0.15) is 5.10 Å². The molecule has 0 saturated heterocycles. The summed E-state index contributed by atoms with van der Waals surface area (Å²) >= 11 is 0. The first kappa shape index (κ1) is 21.3. The van der Waals surface area contributed by atoms with Crippen LogP contribution in [0.25, 0.3) is 0 Å². The van der Waals surface area contributed by atoms with Gasteiger partial charge in [0.05, 0.1) is 6.54 Å². The monoisotopic (exact) mass is 403 g/mol. The predicted molar refractivity (Wildman–Crippen MR) is 110 cm³/mol. The van der Waals surface area contributed by atoms with E-state index in [4.69, 9.17) is 0 Å². The van der Waals surface area contributed by atoms with Crippen LogP contribution in [0.2, 0.25) is 0 Å². The van der Waals surface area contributed by atoms with Crippen molar-refractivity contribution in [3.05, 3.63) is 17.5 Å². The zero-order chi connectivity index (χ0) is 21.2. The van der Waals surface area contributed by atoms with Crippen molar-refractivity contribution in [1.29, 1.82) is 0 Å². The average molecular weight is 404 g/mol. The summed E-state index contributed by atoms with van der Waals surface area (Å²) in [5.41, 5.74) is -0.477. The number of amides is 3. The maximum Gasteiger partial charge on any atom is 0.272 e. The highest BCUT2D eigenvalue weighted by atomic mass is 16.2. The van der Waals surface area contributed by atoms with Crippen molar-refractivity contribution >= 4 is 17.7 Å². The van der Waals surface area contributed by atoms with Gasteiger partial charge >= 0.3 is 0 Å². The fourth-order valence-corrected chi connectivity index (χ4v) is 4.01. The maximum absolute atomic E-state index is 12.9. The zero-order valence-corrected chi connectivity index (χ0v) is 18.0. The van der Waals surface area contributed by atoms with Crippen molar-refractivity contribution in [3.63, 3.8) is 0 Å². The SMILES string of the molecule is CC(C)CCNC(=O)C1(C)Cn2nc(C(=O)NC3CCCCC3)cc2C(=O)N1C. The maximum atomic E-state index is 12.9. The largest absolute Gasteiger partial charge is 0.354 e. The van der Waals surface area contributed by atoms with Crippen LogP contribution in [-0.2, 0) is 11.3 Å². The van der Waals surface area contributed by atoms with Crippen LogP contribution in [0.15, 0.2) is 6.07 Å². The Labute approximate surface area is 172 Å². The summed E-state index contributed by atoms with van der Waals surface area (Å²) in [6.45, 7) is 6.71. The van der Waals surface area contributed by atoms with Crippen LogP contribution in [-0.4, -0.2) is 57.6 Å². The summed E-state index contributed by atoms with van der Waals surface area (Å²) in [7, 11) is 1.63. The Morgan fingerprint density at radius 3 is 2.62 bits per heavy atom. The minimum Gasteiger partial charge on any atom is -0.354 e. The molecule has 8 nitrogen and oxygen atoms in total. The average Bonchev–Trinajstić information content (AvgIpc) is 3.10. The molecule has 8 heteroatoms. The molecule has 2 N–H and O–H groups in total. The first-order valence-corrected chi connectivity index (χ1v) is 10.7. The van der Waals surface area contributed by atoms with E-state index < -0.39 is 5.54 Å². The van der Waals surface area contributed by atoms with Crippen LogP contribution >= 0.6 is 0 Å². The Balaban J connectivity index is 1.73. The van der Waals surface area contributed by atoms with E-state index in [2.05, 4.69) is 29.6 Å². The van der Waals surface area contributed by atoms with E-state index in [0.717, 1.165) is 32.1 Å². The van der Waals surface area contributed by atoms with Crippen LogP contribution in [0.3, 0.4) is 0 Å². The fourth-order valence-electron chi connectivity index (χ4n) is 4.01. The summed E-state index contributed by atoms with van der Waals surface area (Å²) in [6, 6.07) is 1.71. The van der Waals surface area contributed by atoms with Gasteiger partial charge in [-0.3, -0.25) is 19.1 Å². The molecule has 2 aliphatic rings. The second-order valence-electron chi connectivity index (χ2n) is 8.96. The number of nitrogens with zero attached hydrogens (tertiary/aromatic N) is 3. The van der Waals surface area contributed by atoms with Gasteiger partial charge in [0.25, 0.3) is 11.8 Å². The molecule has 0 aromatic carbocycles. The Morgan fingerprint density at radius 1 is 1.28 bits per heavy atom. The normalized spacial score (nSPS) is 22.5. The van der Waals surface area contributed by atoms with E-state index in [1.54, 1.807) is 14.0 Å². The van der Waals surface area contributed by atoms with E-state index in [9.17, 15) is 14.4 Å². The third-order valence-corrected chi connectivity index (χ3v) is 6.17. The molecule has 1 fully saturated rings. The molecule has 2 heterocycles. The summed E-state index contributed by atoms with van der Waals surface area (Å²) in [5, 5.41) is 10.3. The van der Waals surface area contributed by atoms with Gasteiger partial charge in [0.2, 0.25) is 5.91 Å². The van der Waals surface area contributed by atoms with Gasteiger partial charge in [0.1, 0.15) is 11.2 Å². The standard InChI is InChI=1S/C21H33N5O3/c1-14(2)10-11-22-20(29)21(3)13-26-17(19(28)25(21)4)12-16(24-26)18(27)23-15-8-6-5-7-9-15/h12,14-15H,5-11,13H2,1-4H3,(H,22,29)(H,23,27). The Hall–Kier alpha value is -2.38. The van der Waals surface area contributed by atoms with Crippen molar-refractivity contribution in [1.82, 2.24) is 25.3 Å². The first-order chi connectivity index (χ1) is 13.7. The minimum atomic E-state index is -1.05. The minimum absolute atomic E-state index is 0.172. The number of fused-ring (bicyclic) bond motifs is 1. The number of rotatable bonds is 6. The van der Waals surface area contributed by atoms with Crippen LogP contribution in [0.4, 0.5) is 0 Å². The van der Waals surface area contributed by atoms with Gasteiger partial charge in [-0.25, -0.2) is 0 Å². The highest BCUT2D eigenvalue weighted by Gasteiger charge is 2.46. The number of hydrogen-bond donors (Lipinski definition) is 2. The molecule has 0 bridgehead atoms. The molecule has 1 aromatic rings. The lowest BCUT2D eigenvalue weighted by molar-refractivity contribution is -0.132. The summed E-state index contributed by atoms with van der Waals surface area (Å²) in [4.78, 5) is 39.8. The van der Waals surface area contributed by atoms with Gasteiger partial charge in [-0.1, -0.05) is 33.1 Å². The van der Waals surface area contributed by atoms with Crippen molar-refractivity contribution in [2.75, 3.05) is 13.6 Å². The van der Waals surface area contributed by atoms with Gasteiger partial charge in [-0.05, 0) is 32.1 Å². The molecular weight excluding hydrogens is 370 g/mol. The molecule has 1 atom stereocenters. The Morgan fingerprint density at radius 2 is 1.97 bits per heavy atom.